The number of hydrogen-bond donors (Lipinski definition) is 0. The van der Waals surface area contributed by atoms with Gasteiger partial charge in [-0.05, 0) is 5.56 Å². The molecular weight excluding hydrogens is 416 g/mol. The van der Waals surface area contributed by atoms with E-state index in [2.05, 4.69) is 75.7 Å². The molecule has 4 rings (SSSR count). The standard InChI is InChI=1S/C20H21N2OS.ClHO4/c1-3-7-17(8-4-1)15-22-16-19(18-9-5-2-6-10-18)20(24-22)21-11-13-23-14-12-21;2-1(3,4)5/h1-10,16H,11-15H2;(H,2,3,4,5)/q+1;/p-1. The second-order valence-electron chi connectivity index (χ2n) is 6.34. The molecule has 1 saturated heterocycles. The smallest absolute Gasteiger partial charge is 0.194 e. The highest BCUT2D eigenvalue weighted by atomic mass is 35.7. The van der Waals surface area contributed by atoms with Crippen molar-refractivity contribution >= 4 is 16.5 Å². The Hall–Kier alpha value is -2.04. The highest BCUT2D eigenvalue weighted by Crippen LogP contribution is 2.34. The minimum absolute atomic E-state index is 0.810. The Bertz CT molecular complexity index is 875. The van der Waals surface area contributed by atoms with Gasteiger partial charge >= 0.3 is 0 Å². The van der Waals surface area contributed by atoms with Gasteiger partial charge in [0, 0.05) is 18.7 Å². The maximum absolute atomic E-state index is 8.49. The summed E-state index contributed by atoms with van der Waals surface area (Å²) in [4.78, 5) is 2.46. The first-order valence-electron chi connectivity index (χ1n) is 8.98. The third-order valence-corrected chi connectivity index (χ3v) is 5.39. The fraction of sp³-hybridized carbons (Fsp3) is 0.250. The molecule has 0 N–H and O–H groups in total. The summed E-state index contributed by atoms with van der Waals surface area (Å²) in [7, 11) is -4.94. The maximum Gasteiger partial charge on any atom is 0.194 e. The monoisotopic (exact) mass is 436 g/mol. The van der Waals surface area contributed by atoms with E-state index < -0.39 is 10.2 Å². The van der Waals surface area contributed by atoms with Crippen molar-refractivity contribution in [2.24, 2.45) is 0 Å². The number of anilines is 1. The number of morpholine rings is 1. The van der Waals surface area contributed by atoms with Gasteiger partial charge < -0.3 is 9.64 Å². The molecule has 2 aromatic carbocycles. The molecule has 0 atom stereocenters. The number of hydrogen-bond acceptors (Lipinski definition) is 7. The van der Waals surface area contributed by atoms with Gasteiger partial charge in [-0.3, -0.25) is 0 Å². The largest absolute Gasteiger partial charge is 0.378 e. The summed E-state index contributed by atoms with van der Waals surface area (Å²) >= 11 is 1.84. The SMILES string of the molecule is [O-][Cl+3]([O-])([O-])[O-].c1ccc(C[n+]2cc(-c3ccccc3)c(N3CCOCC3)s2)cc1. The molecule has 0 radical (unpaired) electrons. The van der Waals surface area contributed by atoms with Gasteiger partial charge in [0.15, 0.2) is 29.3 Å². The van der Waals surface area contributed by atoms with Gasteiger partial charge in [0.2, 0.25) is 0 Å². The van der Waals surface area contributed by atoms with E-state index in [-0.39, 0.29) is 0 Å². The molecule has 0 aliphatic carbocycles. The molecule has 29 heavy (non-hydrogen) atoms. The number of halogens is 1. The Kier molecular flexibility index (Phi) is 7.57. The van der Waals surface area contributed by atoms with E-state index in [1.165, 1.54) is 21.7 Å². The zero-order chi connectivity index (χ0) is 20.7. The molecular formula is C20H21ClN2O5S. The number of ether oxygens (including phenoxy) is 1. The van der Waals surface area contributed by atoms with Crippen LogP contribution in [0, 0.1) is 10.2 Å². The van der Waals surface area contributed by atoms with Gasteiger partial charge in [-0.1, -0.05) is 60.7 Å². The first-order chi connectivity index (χ1) is 13.9. The van der Waals surface area contributed by atoms with E-state index in [4.69, 9.17) is 23.4 Å². The minimum Gasteiger partial charge on any atom is -0.378 e. The summed E-state index contributed by atoms with van der Waals surface area (Å²) in [6.45, 7) is 4.46. The molecule has 1 aliphatic heterocycles. The maximum atomic E-state index is 8.49. The topological polar surface area (TPSA) is 109 Å². The molecule has 0 saturated carbocycles. The van der Waals surface area contributed by atoms with Crippen LogP contribution >= 0.6 is 11.5 Å². The lowest BCUT2D eigenvalue weighted by Crippen LogP contribution is -2.68. The van der Waals surface area contributed by atoms with Crippen molar-refractivity contribution in [2.45, 2.75) is 6.54 Å². The minimum atomic E-state index is -4.94. The number of rotatable bonds is 4. The molecule has 0 amide bonds. The highest BCUT2D eigenvalue weighted by Gasteiger charge is 2.24. The first-order valence-corrected chi connectivity index (χ1v) is 11.0. The second kappa shape index (κ2) is 10.1. The molecule has 1 fully saturated rings. The third-order valence-electron chi connectivity index (χ3n) is 4.27. The average molecular weight is 437 g/mol. The summed E-state index contributed by atoms with van der Waals surface area (Å²) in [6.07, 6.45) is 2.29. The Morgan fingerprint density at radius 3 is 2.03 bits per heavy atom. The molecule has 7 nitrogen and oxygen atoms in total. The van der Waals surface area contributed by atoms with Crippen LogP contribution in [0.4, 0.5) is 5.00 Å². The van der Waals surface area contributed by atoms with Gasteiger partial charge in [-0.25, -0.2) is 18.6 Å². The first kappa shape index (κ1) is 21.7. The van der Waals surface area contributed by atoms with E-state index in [1.54, 1.807) is 0 Å². The fourth-order valence-electron chi connectivity index (χ4n) is 3.04. The van der Waals surface area contributed by atoms with Crippen LogP contribution in [-0.4, -0.2) is 26.3 Å². The molecule has 3 aromatic rings. The predicted molar refractivity (Wildman–Crippen MR) is 98.5 cm³/mol. The highest BCUT2D eigenvalue weighted by molar-refractivity contribution is 7.07. The van der Waals surface area contributed by atoms with Crippen LogP contribution in [0.2, 0.25) is 0 Å². The van der Waals surface area contributed by atoms with Crippen LogP contribution < -0.4 is 27.5 Å². The summed E-state index contributed by atoms with van der Waals surface area (Å²) in [5.74, 6) is 0. The van der Waals surface area contributed by atoms with Crippen molar-refractivity contribution in [1.82, 2.24) is 0 Å². The van der Waals surface area contributed by atoms with E-state index in [0.717, 1.165) is 32.8 Å². The van der Waals surface area contributed by atoms with Crippen molar-refractivity contribution in [3.05, 3.63) is 72.4 Å². The zero-order valence-electron chi connectivity index (χ0n) is 15.6. The van der Waals surface area contributed by atoms with E-state index >= 15 is 0 Å². The lowest BCUT2D eigenvalue weighted by atomic mass is 10.1. The Balaban J connectivity index is 0.000000431. The van der Waals surface area contributed by atoms with Gasteiger partial charge in [0.25, 0.3) is 0 Å². The van der Waals surface area contributed by atoms with Gasteiger partial charge in [0.05, 0.1) is 18.8 Å². The van der Waals surface area contributed by atoms with Crippen LogP contribution in [0.5, 0.6) is 0 Å². The number of benzene rings is 2. The van der Waals surface area contributed by atoms with E-state index in [9.17, 15) is 0 Å². The molecule has 0 unspecified atom stereocenters. The van der Waals surface area contributed by atoms with Gasteiger partial charge in [-0.15, -0.1) is 14.2 Å². The Labute approximate surface area is 175 Å². The van der Waals surface area contributed by atoms with Gasteiger partial charge in [-0.2, -0.15) is 0 Å². The van der Waals surface area contributed by atoms with Crippen LogP contribution in [0.1, 0.15) is 5.56 Å². The van der Waals surface area contributed by atoms with E-state index in [1.807, 2.05) is 11.5 Å². The quantitative estimate of drug-likeness (QED) is 0.477. The Morgan fingerprint density at radius 2 is 1.45 bits per heavy atom. The van der Waals surface area contributed by atoms with Crippen molar-refractivity contribution in [2.75, 3.05) is 31.2 Å². The summed E-state index contributed by atoms with van der Waals surface area (Å²) in [5, 5.41) is 1.35. The zero-order valence-corrected chi connectivity index (χ0v) is 17.2. The predicted octanol–water partition coefficient (Wildman–Crippen LogP) is -1.17. The summed E-state index contributed by atoms with van der Waals surface area (Å²) in [6, 6.07) is 21.3. The molecule has 0 bridgehead atoms. The summed E-state index contributed by atoms with van der Waals surface area (Å²) in [5.41, 5.74) is 3.93. The molecule has 2 heterocycles. The summed E-state index contributed by atoms with van der Waals surface area (Å²) < 4.78 is 41.8. The lowest BCUT2D eigenvalue weighted by molar-refractivity contribution is -2.00. The average Bonchev–Trinajstić information content (AvgIpc) is 3.13. The van der Waals surface area contributed by atoms with Crippen molar-refractivity contribution in [1.29, 1.82) is 0 Å². The normalized spacial score (nSPS) is 14.3. The van der Waals surface area contributed by atoms with Crippen LogP contribution in [0.3, 0.4) is 0 Å². The van der Waals surface area contributed by atoms with Crippen LogP contribution in [0.15, 0.2) is 66.9 Å². The molecule has 1 aromatic heterocycles. The van der Waals surface area contributed by atoms with Crippen molar-refractivity contribution < 1.29 is 37.6 Å². The Morgan fingerprint density at radius 1 is 0.897 bits per heavy atom. The van der Waals surface area contributed by atoms with Crippen LogP contribution in [0.25, 0.3) is 11.1 Å². The fourth-order valence-corrected chi connectivity index (χ4v) is 4.20. The van der Waals surface area contributed by atoms with Crippen molar-refractivity contribution in [3.8, 4) is 11.1 Å². The third kappa shape index (κ3) is 7.06. The molecule has 1 aliphatic rings. The lowest BCUT2D eigenvalue weighted by Gasteiger charge is -2.26. The van der Waals surface area contributed by atoms with Crippen molar-refractivity contribution in [3.63, 3.8) is 0 Å². The van der Waals surface area contributed by atoms with Crippen LogP contribution in [-0.2, 0) is 11.3 Å². The molecule has 0 spiro atoms. The number of aromatic nitrogens is 1. The molecule has 154 valence electrons. The van der Waals surface area contributed by atoms with E-state index in [0.29, 0.717) is 0 Å². The second-order valence-corrected chi connectivity index (χ2v) is 8.14. The van der Waals surface area contributed by atoms with Gasteiger partial charge in [0.1, 0.15) is 0 Å². The molecule has 9 heteroatoms. The number of nitrogens with zero attached hydrogens (tertiary/aromatic N) is 2.